The minimum absolute atomic E-state index is 0.201. The third-order valence-corrected chi connectivity index (χ3v) is 2.77. The zero-order chi connectivity index (χ0) is 11.8. The first-order chi connectivity index (χ1) is 6.99. The van der Waals surface area contributed by atoms with E-state index in [0.717, 1.165) is 19.6 Å². The highest BCUT2D eigenvalue weighted by Gasteiger charge is 2.14. The molecule has 2 atom stereocenters. The van der Waals surface area contributed by atoms with Crippen molar-refractivity contribution in [2.45, 2.75) is 46.3 Å². The Labute approximate surface area is 94.2 Å². The van der Waals surface area contributed by atoms with Crippen LogP contribution < -0.4 is 5.32 Å². The number of rotatable bonds is 8. The molecule has 0 heterocycles. The summed E-state index contributed by atoms with van der Waals surface area (Å²) in [5.74, 6) is 0.896. The first-order valence-corrected chi connectivity index (χ1v) is 5.89. The Kier molecular flexibility index (Phi) is 8.02. The Hall–Kier alpha value is -0.120. The summed E-state index contributed by atoms with van der Waals surface area (Å²) in [6, 6.07) is 0.384. The summed E-state index contributed by atoms with van der Waals surface area (Å²) in [4.78, 5) is 0. The molecule has 0 spiro atoms. The number of nitrogens with one attached hydrogen (secondary N) is 1. The minimum atomic E-state index is -0.201. The molecule has 0 rings (SSSR count). The van der Waals surface area contributed by atoms with E-state index in [4.69, 9.17) is 4.74 Å². The molecule has 92 valence electrons. The van der Waals surface area contributed by atoms with Crippen molar-refractivity contribution in [1.29, 1.82) is 0 Å². The topological polar surface area (TPSA) is 41.5 Å². The maximum absolute atomic E-state index is 9.64. The van der Waals surface area contributed by atoms with Gasteiger partial charge in [0.2, 0.25) is 0 Å². The number of aliphatic hydroxyl groups is 1. The lowest BCUT2D eigenvalue weighted by molar-refractivity contribution is 0.107. The summed E-state index contributed by atoms with van der Waals surface area (Å²) in [5.41, 5.74) is 0. The predicted octanol–water partition coefficient (Wildman–Crippen LogP) is 1.65. The molecular weight excluding hydrogens is 190 g/mol. The summed E-state index contributed by atoms with van der Waals surface area (Å²) in [6.45, 7) is 10.0. The summed E-state index contributed by atoms with van der Waals surface area (Å²) < 4.78 is 5.15. The minimum Gasteiger partial charge on any atom is -0.393 e. The molecule has 3 heteroatoms. The fraction of sp³-hybridized carbons (Fsp3) is 1.00. The Morgan fingerprint density at radius 3 is 2.13 bits per heavy atom. The van der Waals surface area contributed by atoms with Crippen molar-refractivity contribution < 1.29 is 9.84 Å². The second-order valence-corrected chi connectivity index (χ2v) is 4.86. The van der Waals surface area contributed by atoms with Crippen molar-refractivity contribution in [1.82, 2.24) is 5.32 Å². The van der Waals surface area contributed by atoms with Crippen molar-refractivity contribution in [3.05, 3.63) is 0 Å². The SMILES string of the molecule is COCC(NCCC(O)C(C)C)C(C)C. The molecule has 2 N–H and O–H groups in total. The van der Waals surface area contributed by atoms with E-state index in [1.165, 1.54) is 0 Å². The Bertz CT molecular complexity index is 149. The molecule has 2 unspecified atom stereocenters. The van der Waals surface area contributed by atoms with Crippen LogP contribution in [0.5, 0.6) is 0 Å². The van der Waals surface area contributed by atoms with E-state index >= 15 is 0 Å². The van der Waals surface area contributed by atoms with E-state index in [2.05, 4.69) is 19.2 Å². The lowest BCUT2D eigenvalue weighted by Crippen LogP contribution is -2.39. The number of ether oxygens (including phenoxy) is 1. The molecule has 0 aliphatic rings. The predicted molar refractivity (Wildman–Crippen MR) is 64.0 cm³/mol. The molecule has 0 aromatic carbocycles. The smallest absolute Gasteiger partial charge is 0.0618 e. The second-order valence-electron chi connectivity index (χ2n) is 4.86. The van der Waals surface area contributed by atoms with Gasteiger partial charge in [-0.1, -0.05) is 27.7 Å². The van der Waals surface area contributed by atoms with Crippen molar-refractivity contribution in [2.24, 2.45) is 11.8 Å². The van der Waals surface area contributed by atoms with E-state index < -0.39 is 0 Å². The lowest BCUT2D eigenvalue weighted by Gasteiger charge is -2.23. The van der Waals surface area contributed by atoms with Gasteiger partial charge >= 0.3 is 0 Å². The van der Waals surface area contributed by atoms with E-state index in [-0.39, 0.29) is 6.10 Å². The zero-order valence-corrected chi connectivity index (χ0v) is 10.8. The molecule has 0 aliphatic carbocycles. The molecule has 0 saturated carbocycles. The van der Waals surface area contributed by atoms with E-state index in [9.17, 15) is 5.11 Å². The molecule has 0 aromatic heterocycles. The quantitative estimate of drug-likeness (QED) is 0.649. The van der Waals surface area contributed by atoms with Gasteiger partial charge in [0.1, 0.15) is 0 Å². The average molecular weight is 217 g/mol. The number of hydrogen-bond donors (Lipinski definition) is 2. The Balaban J connectivity index is 3.70. The maximum Gasteiger partial charge on any atom is 0.0618 e. The van der Waals surface area contributed by atoms with Gasteiger partial charge in [-0.2, -0.15) is 0 Å². The van der Waals surface area contributed by atoms with Crippen LogP contribution in [0, 0.1) is 11.8 Å². The van der Waals surface area contributed by atoms with Crippen molar-refractivity contribution in [2.75, 3.05) is 20.3 Å². The van der Waals surface area contributed by atoms with Crippen LogP contribution in [0.3, 0.4) is 0 Å². The van der Waals surface area contributed by atoms with Gasteiger partial charge < -0.3 is 15.2 Å². The standard InChI is InChI=1S/C12H27NO2/c1-9(2)11(8-15-5)13-7-6-12(14)10(3)4/h9-14H,6-8H2,1-5H3. The third-order valence-electron chi connectivity index (χ3n) is 2.77. The van der Waals surface area contributed by atoms with Crippen LogP contribution >= 0.6 is 0 Å². The normalized spacial score (nSPS) is 16.0. The largest absolute Gasteiger partial charge is 0.393 e. The molecule has 15 heavy (non-hydrogen) atoms. The second kappa shape index (κ2) is 8.08. The van der Waals surface area contributed by atoms with E-state index in [0.29, 0.717) is 17.9 Å². The summed E-state index contributed by atoms with van der Waals surface area (Å²) in [7, 11) is 1.72. The van der Waals surface area contributed by atoms with E-state index in [1.54, 1.807) is 7.11 Å². The van der Waals surface area contributed by atoms with Gasteiger partial charge in [0.25, 0.3) is 0 Å². The number of methoxy groups -OCH3 is 1. The maximum atomic E-state index is 9.64. The van der Waals surface area contributed by atoms with Crippen LogP contribution in [-0.4, -0.2) is 37.5 Å². The molecule has 0 aliphatic heterocycles. The Morgan fingerprint density at radius 1 is 1.13 bits per heavy atom. The van der Waals surface area contributed by atoms with Crippen LogP contribution in [0.2, 0.25) is 0 Å². The zero-order valence-electron chi connectivity index (χ0n) is 10.8. The van der Waals surface area contributed by atoms with Crippen LogP contribution in [-0.2, 0) is 4.74 Å². The van der Waals surface area contributed by atoms with Gasteiger partial charge in [-0.05, 0) is 24.8 Å². The molecule has 0 amide bonds. The molecule has 3 nitrogen and oxygen atoms in total. The fourth-order valence-corrected chi connectivity index (χ4v) is 1.42. The van der Waals surface area contributed by atoms with Crippen LogP contribution in [0.25, 0.3) is 0 Å². The first-order valence-electron chi connectivity index (χ1n) is 5.89. The highest BCUT2D eigenvalue weighted by molar-refractivity contribution is 4.71. The summed E-state index contributed by atoms with van der Waals surface area (Å²) in [6.07, 6.45) is 0.609. The monoisotopic (exact) mass is 217 g/mol. The molecule has 0 fully saturated rings. The average Bonchev–Trinajstić information content (AvgIpc) is 2.15. The Morgan fingerprint density at radius 2 is 1.73 bits per heavy atom. The fourth-order valence-electron chi connectivity index (χ4n) is 1.42. The van der Waals surface area contributed by atoms with Gasteiger partial charge in [-0.3, -0.25) is 0 Å². The first kappa shape index (κ1) is 14.9. The van der Waals surface area contributed by atoms with Crippen molar-refractivity contribution >= 4 is 0 Å². The van der Waals surface area contributed by atoms with Crippen LogP contribution in [0.15, 0.2) is 0 Å². The van der Waals surface area contributed by atoms with Gasteiger partial charge in [-0.25, -0.2) is 0 Å². The molecule has 0 bridgehead atoms. The van der Waals surface area contributed by atoms with E-state index in [1.807, 2.05) is 13.8 Å². The number of aliphatic hydroxyl groups excluding tert-OH is 1. The van der Waals surface area contributed by atoms with Gasteiger partial charge in [0, 0.05) is 13.2 Å². The van der Waals surface area contributed by atoms with Gasteiger partial charge in [0.05, 0.1) is 12.7 Å². The molecule has 0 aromatic rings. The van der Waals surface area contributed by atoms with Crippen LogP contribution in [0.1, 0.15) is 34.1 Å². The van der Waals surface area contributed by atoms with Gasteiger partial charge in [-0.15, -0.1) is 0 Å². The third kappa shape index (κ3) is 6.88. The highest BCUT2D eigenvalue weighted by Crippen LogP contribution is 2.06. The highest BCUT2D eigenvalue weighted by atomic mass is 16.5. The van der Waals surface area contributed by atoms with Crippen molar-refractivity contribution in [3.63, 3.8) is 0 Å². The van der Waals surface area contributed by atoms with Crippen molar-refractivity contribution in [3.8, 4) is 0 Å². The molecular formula is C12H27NO2. The van der Waals surface area contributed by atoms with Gasteiger partial charge in [0.15, 0.2) is 0 Å². The van der Waals surface area contributed by atoms with Crippen LogP contribution in [0.4, 0.5) is 0 Å². The summed E-state index contributed by atoms with van der Waals surface area (Å²) >= 11 is 0. The number of hydrogen-bond acceptors (Lipinski definition) is 3. The summed E-state index contributed by atoms with van der Waals surface area (Å²) in [5, 5.41) is 13.1. The molecule has 0 radical (unpaired) electrons. The molecule has 0 saturated heterocycles. The lowest BCUT2D eigenvalue weighted by atomic mass is 10.0.